The molecule has 3 heterocycles. The molecule has 216 valence electrons. The van der Waals surface area contributed by atoms with E-state index in [-0.39, 0.29) is 47.4 Å². The molecule has 1 unspecified atom stereocenters. The fraction of sp³-hybridized carbons (Fsp3) is 0.394. The van der Waals surface area contributed by atoms with Gasteiger partial charge in [-0.05, 0) is 67.7 Å². The number of Topliss-reactive ketones (excluding diaryl/α,β-unsaturated/α-hetero) is 1. The van der Waals surface area contributed by atoms with Crippen LogP contribution in [0.15, 0.2) is 83.3 Å². The van der Waals surface area contributed by atoms with Gasteiger partial charge in [0.25, 0.3) is 0 Å². The largest absolute Gasteiger partial charge is 0.338 e. The summed E-state index contributed by atoms with van der Waals surface area (Å²) in [6.07, 6.45) is 2.45. The minimum atomic E-state index is -0.323. The van der Waals surface area contributed by atoms with E-state index in [9.17, 15) is 9.59 Å². The summed E-state index contributed by atoms with van der Waals surface area (Å²) in [6, 6.07) is 25.9. The van der Waals surface area contributed by atoms with Crippen LogP contribution in [0.3, 0.4) is 0 Å². The van der Waals surface area contributed by atoms with Crippen molar-refractivity contribution >= 4 is 51.6 Å². The van der Waals surface area contributed by atoms with Crippen LogP contribution in [0.5, 0.6) is 0 Å². The van der Waals surface area contributed by atoms with Crippen LogP contribution in [-0.2, 0) is 11.3 Å². The van der Waals surface area contributed by atoms with E-state index in [1.54, 1.807) is 6.07 Å². The highest BCUT2D eigenvalue weighted by atomic mass is 79.9. The third-order valence-corrected chi connectivity index (χ3v) is 10.2. The number of carbonyl (C=O) groups excluding carboxylic acids is 2. The molecule has 3 saturated heterocycles. The number of amides is 1. The van der Waals surface area contributed by atoms with Crippen molar-refractivity contribution in [1.29, 1.82) is 0 Å². The van der Waals surface area contributed by atoms with Gasteiger partial charge in [0, 0.05) is 48.1 Å². The number of likely N-dealkylation sites (tertiary alicyclic amines) is 2. The lowest BCUT2D eigenvalue weighted by Crippen LogP contribution is -2.54. The van der Waals surface area contributed by atoms with Crippen molar-refractivity contribution in [2.45, 2.75) is 37.8 Å². The Morgan fingerprint density at radius 1 is 0.927 bits per heavy atom. The van der Waals surface area contributed by atoms with E-state index in [0.717, 1.165) is 62.0 Å². The third-order valence-electron chi connectivity index (χ3n) is 9.34. The molecule has 0 aromatic heterocycles. The number of ketones is 1. The number of nitrogens with zero attached hydrogens (tertiary/aromatic N) is 2. The maximum absolute atomic E-state index is 14.3. The number of carbonyl (C=O) groups is 2. The molecule has 8 heteroatoms. The summed E-state index contributed by atoms with van der Waals surface area (Å²) in [5, 5.41) is 4.08. The molecule has 6 rings (SSSR count). The SMILES string of the molecule is Cl.O=C(c1ccccc1Cl)C([C@@H]1CNC[C@@H]1c1ccccc1)N1CCC2(CCN(Cc3ccc(Br)cc3)C2=O)CC1. The summed E-state index contributed by atoms with van der Waals surface area (Å²) in [5.41, 5.74) is 2.68. The molecule has 0 bridgehead atoms. The van der Waals surface area contributed by atoms with Crippen molar-refractivity contribution < 1.29 is 9.59 Å². The Morgan fingerprint density at radius 3 is 2.29 bits per heavy atom. The molecular formula is C33H36BrCl2N3O2. The zero-order chi connectivity index (χ0) is 27.7. The van der Waals surface area contributed by atoms with Gasteiger partial charge in [-0.1, -0.05) is 82.1 Å². The first-order chi connectivity index (χ1) is 19.4. The van der Waals surface area contributed by atoms with E-state index in [1.807, 2.05) is 41.3 Å². The van der Waals surface area contributed by atoms with Crippen molar-refractivity contribution in [2.75, 3.05) is 32.7 Å². The van der Waals surface area contributed by atoms with Crippen molar-refractivity contribution in [3.63, 3.8) is 0 Å². The molecule has 1 N–H and O–H groups in total. The standard InChI is InChI=1S/C33H35BrClN3O2.ClH/c34-25-12-10-23(11-13-25)22-38-19-16-33(32(38)40)14-17-37(18-15-33)30(31(39)26-8-4-5-9-29(26)35)28-21-36-20-27(28)24-6-2-1-3-7-24;/h1-13,27-28,30,36H,14-22H2;1H/t27-,28-,30?;/m1./s1. The maximum Gasteiger partial charge on any atom is 0.229 e. The first-order valence-corrected chi connectivity index (χ1v) is 15.4. The van der Waals surface area contributed by atoms with Gasteiger partial charge in [0.05, 0.1) is 16.5 Å². The van der Waals surface area contributed by atoms with Crippen LogP contribution < -0.4 is 5.32 Å². The van der Waals surface area contributed by atoms with Crippen LogP contribution in [0, 0.1) is 11.3 Å². The number of hydrogen-bond donors (Lipinski definition) is 1. The predicted molar refractivity (Wildman–Crippen MR) is 170 cm³/mol. The third kappa shape index (κ3) is 6.14. The lowest BCUT2D eigenvalue weighted by molar-refractivity contribution is -0.139. The quantitative estimate of drug-likeness (QED) is 0.292. The molecule has 3 aromatic rings. The molecule has 5 nitrogen and oxygen atoms in total. The van der Waals surface area contributed by atoms with Gasteiger partial charge >= 0.3 is 0 Å². The van der Waals surface area contributed by atoms with E-state index in [1.165, 1.54) is 5.56 Å². The highest BCUT2D eigenvalue weighted by molar-refractivity contribution is 9.10. The monoisotopic (exact) mass is 655 g/mol. The maximum atomic E-state index is 14.3. The Kier molecular flexibility index (Phi) is 9.57. The van der Waals surface area contributed by atoms with Gasteiger partial charge in [-0.25, -0.2) is 0 Å². The van der Waals surface area contributed by atoms with Crippen molar-refractivity contribution in [3.8, 4) is 0 Å². The van der Waals surface area contributed by atoms with Crippen LogP contribution in [0.4, 0.5) is 0 Å². The molecule has 41 heavy (non-hydrogen) atoms. The summed E-state index contributed by atoms with van der Waals surface area (Å²) in [6.45, 7) is 4.54. The molecular weight excluding hydrogens is 621 g/mol. The first kappa shape index (κ1) is 30.2. The van der Waals surface area contributed by atoms with Crippen LogP contribution in [0.2, 0.25) is 5.02 Å². The van der Waals surface area contributed by atoms with Gasteiger partial charge in [-0.2, -0.15) is 0 Å². The molecule has 3 aliphatic rings. The summed E-state index contributed by atoms with van der Waals surface area (Å²) in [7, 11) is 0. The molecule has 1 spiro atoms. The fourth-order valence-corrected chi connectivity index (χ4v) is 7.59. The Hall–Kier alpha value is -2.22. The van der Waals surface area contributed by atoms with E-state index < -0.39 is 0 Å². The minimum Gasteiger partial charge on any atom is -0.338 e. The van der Waals surface area contributed by atoms with Crippen molar-refractivity contribution in [3.05, 3.63) is 105 Å². The van der Waals surface area contributed by atoms with Crippen LogP contribution in [0.25, 0.3) is 0 Å². The van der Waals surface area contributed by atoms with Gasteiger partial charge in [0.15, 0.2) is 5.78 Å². The number of rotatable bonds is 7. The molecule has 0 saturated carbocycles. The number of nitrogens with one attached hydrogen (secondary N) is 1. The van der Waals surface area contributed by atoms with Gasteiger partial charge in [-0.3, -0.25) is 14.5 Å². The Balaban J connectivity index is 0.00000337. The smallest absolute Gasteiger partial charge is 0.229 e. The lowest BCUT2D eigenvalue weighted by atomic mass is 9.74. The number of hydrogen-bond acceptors (Lipinski definition) is 4. The zero-order valence-corrected chi connectivity index (χ0v) is 26.1. The van der Waals surface area contributed by atoms with Gasteiger partial charge < -0.3 is 10.2 Å². The summed E-state index contributed by atoms with van der Waals surface area (Å²) in [4.78, 5) is 32.4. The molecule has 1 amide bonds. The number of piperidine rings is 1. The summed E-state index contributed by atoms with van der Waals surface area (Å²) >= 11 is 10.1. The van der Waals surface area contributed by atoms with E-state index in [4.69, 9.17) is 11.6 Å². The van der Waals surface area contributed by atoms with E-state index in [0.29, 0.717) is 17.1 Å². The molecule has 0 radical (unpaired) electrons. The lowest BCUT2D eigenvalue weighted by Gasteiger charge is -2.43. The number of benzene rings is 3. The minimum absolute atomic E-state index is 0. The van der Waals surface area contributed by atoms with E-state index >= 15 is 0 Å². The summed E-state index contributed by atoms with van der Waals surface area (Å²) < 4.78 is 1.04. The number of halogens is 3. The molecule has 0 aliphatic carbocycles. The van der Waals surface area contributed by atoms with Crippen molar-refractivity contribution in [2.24, 2.45) is 11.3 Å². The average molecular weight is 657 g/mol. The first-order valence-electron chi connectivity index (χ1n) is 14.3. The van der Waals surface area contributed by atoms with Gasteiger partial charge in [0.2, 0.25) is 5.91 Å². The molecule has 3 atom stereocenters. The normalized spacial score (nSPS) is 23.0. The van der Waals surface area contributed by atoms with Crippen LogP contribution in [0.1, 0.15) is 46.7 Å². The van der Waals surface area contributed by atoms with Gasteiger partial charge in [0.1, 0.15) is 0 Å². The van der Waals surface area contributed by atoms with Gasteiger partial charge in [-0.15, -0.1) is 12.4 Å². The highest BCUT2D eigenvalue weighted by Crippen LogP contribution is 2.44. The molecule has 3 aliphatic heterocycles. The average Bonchev–Trinajstić information content (AvgIpc) is 3.57. The highest BCUT2D eigenvalue weighted by Gasteiger charge is 2.50. The Morgan fingerprint density at radius 2 is 1.59 bits per heavy atom. The molecule has 3 fully saturated rings. The second-order valence-corrected chi connectivity index (χ2v) is 12.9. The fourth-order valence-electron chi connectivity index (χ4n) is 7.10. The Labute approximate surface area is 262 Å². The zero-order valence-electron chi connectivity index (χ0n) is 23.0. The Bertz CT molecular complexity index is 1360. The molecule has 3 aromatic carbocycles. The van der Waals surface area contributed by atoms with Crippen LogP contribution in [-0.4, -0.2) is 60.3 Å². The van der Waals surface area contributed by atoms with E-state index in [2.05, 4.69) is 62.5 Å². The van der Waals surface area contributed by atoms with Crippen molar-refractivity contribution in [1.82, 2.24) is 15.1 Å². The second-order valence-electron chi connectivity index (χ2n) is 11.5. The summed E-state index contributed by atoms with van der Waals surface area (Å²) in [5.74, 6) is 0.719. The predicted octanol–water partition coefficient (Wildman–Crippen LogP) is 6.59. The second kappa shape index (κ2) is 13.0. The van der Waals surface area contributed by atoms with Crippen LogP contribution >= 0.6 is 39.9 Å². The topological polar surface area (TPSA) is 52.7 Å².